The molecule has 1 unspecified atom stereocenters. The van der Waals surface area contributed by atoms with E-state index >= 15 is 0 Å². The van der Waals surface area contributed by atoms with Gasteiger partial charge < -0.3 is 4.74 Å². The largest absolute Gasteiger partial charge is 0.451 e. The molecular formula is C10H12O2. The Kier molecular flexibility index (Phi) is 1.40. The van der Waals surface area contributed by atoms with E-state index in [1.165, 1.54) is 11.6 Å². The molecule has 1 heterocycles. The Hall–Kier alpha value is -1.05. The molecule has 64 valence electrons. The van der Waals surface area contributed by atoms with Crippen molar-refractivity contribution in [3.05, 3.63) is 24.3 Å². The predicted molar refractivity (Wildman–Crippen MR) is 45.5 cm³/mol. The number of rotatable bonds is 0. The topological polar surface area (TPSA) is 26.3 Å². The molecule has 1 aliphatic heterocycles. The van der Waals surface area contributed by atoms with Crippen molar-refractivity contribution in [3.8, 4) is 0 Å². The molecule has 0 amide bonds. The van der Waals surface area contributed by atoms with Crippen LogP contribution < -0.4 is 0 Å². The fourth-order valence-corrected chi connectivity index (χ4v) is 1.99. The van der Waals surface area contributed by atoms with Crippen LogP contribution in [-0.4, -0.2) is 11.6 Å². The van der Waals surface area contributed by atoms with Crippen molar-refractivity contribution in [2.24, 2.45) is 5.92 Å². The zero-order valence-electron chi connectivity index (χ0n) is 7.17. The SMILES string of the molecule is C=C1C[C@@]2(C=CC(=O)O2)CC1C. The van der Waals surface area contributed by atoms with Gasteiger partial charge in [0.05, 0.1) is 0 Å². The minimum atomic E-state index is -0.326. The summed E-state index contributed by atoms with van der Waals surface area (Å²) in [6, 6.07) is 0. The molecule has 2 heteroatoms. The zero-order valence-corrected chi connectivity index (χ0v) is 7.17. The molecular weight excluding hydrogens is 152 g/mol. The summed E-state index contributed by atoms with van der Waals surface area (Å²) in [5.41, 5.74) is 0.863. The molecule has 1 fully saturated rings. The standard InChI is InChI=1S/C10H12O2/c1-7-5-10(6-8(7)2)4-3-9(11)12-10/h3-4,8H,1,5-6H2,2H3/t8?,10-/m0/s1. The first-order valence-electron chi connectivity index (χ1n) is 4.21. The molecule has 2 nitrogen and oxygen atoms in total. The summed E-state index contributed by atoms with van der Waals surface area (Å²) < 4.78 is 5.24. The maximum Gasteiger partial charge on any atom is 0.331 e. The molecule has 2 rings (SSSR count). The van der Waals surface area contributed by atoms with Gasteiger partial charge in [0.2, 0.25) is 0 Å². The van der Waals surface area contributed by atoms with E-state index in [4.69, 9.17) is 4.74 Å². The van der Waals surface area contributed by atoms with Crippen LogP contribution in [0.2, 0.25) is 0 Å². The van der Waals surface area contributed by atoms with Crippen LogP contribution in [0, 0.1) is 5.92 Å². The predicted octanol–water partition coefficient (Wildman–Crippen LogP) is 1.82. The summed E-state index contributed by atoms with van der Waals surface area (Å²) in [5, 5.41) is 0. The lowest BCUT2D eigenvalue weighted by atomic mass is 10.0. The second kappa shape index (κ2) is 2.22. The molecule has 12 heavy (non-hydrogen) atoms. The average molecular weight is 164 g/mol. The van der Waals surface area contributed by atoms with Crippen LogP contribution in [0.5, 0.6) is 0 Å². The van der Waals surface area contributed by atoms with Gasteiger partial charge in [-0.15, -0.1) is 0 Å². The lowest BCUT2D eigenvalue weighted by molar-refractivity contribution is -0.145. The molecule has 1 spiro atoms. The highest BCUT2D eigenvalue weighted by Crippen LogP contribution is 2.43. The van der Waals surface area contributed by atoms with Gasteiger partial charge in [-0.3, -0.25) is 0 Å². The van der Waals surface area contributed by atoms with Crippen LogP contribution in [0.1, 0.15) is 19.8 Å². The van der Waals surface area contributed by atoms with Gasteiger partial charge in [0.1, 0.15) is 5.60 Å². The molecule has 1 saturated carbocycles. The van der Waals surface area contributed by atoms with Crippen molar-refractivity contribution in [2.75, 3.05) is 0 Å². The minimum absolute atomic E-state index is 0.211. The van der Waals surface area contributed by atoms with E-state index in [1.807, 2.05) is 6.08 Å². The molecule has 0 aromatic carbocycles. The summed E-state index contributed by atoms with van der Waals surface area (Å²) in [6.07, 6.45) is 5.10. The second-order valence-electron chi connectivity index (χ2n) is 3.76. The highest BCUT2D eigenvalue weighted by atomic mass is 16.6. The van der Waals surface area contributed by atoms with Gasteiger partial charge in [0, 0.05) is 12.5 Å². The monoisotopic (exact) mass is 164 g/mol. The third kappa shape index (κ3) is 0.986. The number of ether oxygens (including phenoxy) is 1. The third-order valence-electron chi connectivity index (χ3n) is 2.70. The van der Waals surface area contributed by atoms with Crippen molar-refractivity contribution < 1.29 is 9.53 Å². The normalized spacial score (nSPS) is 39.6. The van der Waals surface area contributed by atoms with Gasteiger partial charge in [0.15, 0.2) is 0 Å². The van der Waals surface area contributed by atoms with E-state index in [0.29, 0.717) is 5.92 Å². The Morgan fingerprint density at radius 3 is 2.92 bits per heavy atom. The lowest BCUT2D eigenvalue weighted by Gasteiger charge is -2.19. The number of hydrogen-bond acceptors (Lipinski definition) is 2. The van der Waals surface area contributed by atoms with Crippen LogP contribution in [0.25, 0.3) is 0 Å². The molecule has 2 atom stereocenters. The summed E-state index contributed by atoms with van der Waals surface area (Å²) >= 11 is 0. The number of hydrogen-bond donors (Lipinski definition) is 0. The maximum atomic E-state index is 10.9. The van der Waals surface area contributed by atoms with E-state index in [9.17, 15) is 4.79 Å². The van der Waals surface area contributed by atoms with Gasteiger partial charge in [-0.1, -0.05) is 19.1 Å². The maximum absolute atomic E-state index is 10.9. The first-order chi connectivity index (χ1) is 5.61. The van der Waals surface area contributed by atoms with Crippen LogP contribution in [0.4, 0.5) is 0 Å². The summed E-state index contributed by atoms with van der Waals surface area (Å²) in [4.78, 5) is 10.9. The summed E-state index contributed by atoms with van der Waals surface area (Å²) in [5.74, 6) is 0.262. The van der Waals surface area contributed by atoms with E-state index in [2.05, 4.69) is 13.5 Å². The van der Waals surface area contributed by atoms with Crippen LogP contribution in [0.15, 0.2) is 24.3 Å². The Morgan fingerprint density at radius 1 is 1.75 bits per heavy atom. The quantitative estimate of drug-likeness (QED) is 0.403. The van der Waals surface area contributed by atoms with Crippen LogP contribution >= 0.6 is 0 Å². The van der Waals surface area contributed by atoms with Crippen molar-refractivity contribution in [2.45, 2.75) is 25.4 Å². The molecule has 2 aliphatic rings. The van der Waals surface area contributed by atoms with Crippen LogP contribution in [0.3, 0.4) is 0 Å². The molecule has 0 aromatic heterocycles. The molecule has 0 radical (unpaired) electrons. The minimum Gasteiger partial charge on any atom is -0.451 e. The van der Waals surface area contributed by atoms with Crippen LogP contribution in [-0.2, 0) is 9.53 Å². The van der Waals surface area contributed by atoms with Crippen molar-refractivity contribution in [1.29, 1.82) is 0 Å². The van der Waals surface area contributed by atoms with Crippen molar-refractivity contribution in [1.82, 2.24) is 0 Å². The summed E-state index contributed by atoms with van der Waals surface area (Å²) in [7, 11) is 0. The van der Waals surface area contributed by atoms with Gasteiger partial charge in [0.25, 0.3) is 0 Å². The van der Waals surface area contributed by atoms with E-state index in [1.54, 1.807) is 0 Å². The van der Waals surface area contributed by atoms with Crippen molar-refractivity contribution >= 4 is 5.97 Å². The van der Waals surface area contributed by atoms with Gasteiger partial charge in [-0.05, 0) is 18.4 Å². The van der Waals surface area contributed by atoms with E-state index in [0.717, 1.165) is 12.8 Å². The number of carbonyl (C=O) groups is 1. The van der Waals surface area contributed by atoms with E-state index < -0.39 is 0 Å². The molecule has 0 aromatic rings. The number of esters is 1. The Balaban J connectivity index is 2.22. The zero-order chi connectivity index (χ0) is 8.77. The highest BCUT2D eigenvalue weighted by molar-refractivity contribution is 5.85. The van der Waals surface area contributed by atoms with Gasteiger partial charge in [-0.2, -0.15) is 0 Å². The first-order valence-corrected chi connectivity index (χ1v) is 4.21. The van der Waals surface area contributed by atoms with Gasteiger partial charge in [-0.25, -0.2) is 4.79 Å². The fraction of sp³-hybridized carbons (Fsp3) is 0.500. The highest BCUT2D eigenvalue weighted by Gasteiger charge is 2.43. The smallest absolute Gasteiger partial charge is 0.331 e. The fourth-order valence-electron chi connectivity index (χ4n) is 1.99. The Labute approximate surface area is 71.9 Å². The third-order valence-corrected chi connectivity index (χ3v) is 2.70. The van der Waals surface area contributed by atoms with E-state index in [-0.39, 0.29) is 11.6 Å². The first kappa shape index (κ1) is 7.59. The number of carbonyl (C=O) groups excluding carboxylic acids is 1. The molecule has 0 saturated heterocycles. The molecule has 0 N–H and O–H groups in total. The summed E-state index contributed by atoms with van der Waals surface area (Å²) in [6.45, 7) is 6.08. The second-order valence-corrected chi connectivity index (χ2v) is 3.76. The van der Waals surface area contributed by atoms with Crippen molar-refractivity contribution in [3.63, 3.8) is 0 Å². The lowest BCUT2D eigenvalue weighted by Crippen LogP contribution is -2.24. The molecule has 1 aliphatic carbocycles. The molecule has 0 bridgehead atoms. The Morgan fingerprint density at radius 2 is 2.50 bits per heavy atom. The average Bonchev–Trinajstić information content (AvgIpc) is 2.42. The van der Waals surface area contributed by atoms with Gasteiger partial charge >= 0.3 is 5.97 Å². The Bertz CT molecular complexity index is 278.